The van der Waals surface area contributed by atoms with E-state index in [9.17, 15) is 27.9 Å². The first-order valence-electron chi connectivity index (χ1n) is 7.16. The number of halogens is 3. The number of aliphatic carboxylic acids is 1. The number of hydrogen-bond acceptors (Lipinski definition) is 2. The molecule has 0 aromatic heterocycles. The van der Waals surface area contributed by atoms with Gasteiger partial charge in [-0.1, -0.05) is 12.2 Å². The Morgan fingerprint density at radius 3 is 2.13 bits per heavy atom. The van der Waals surface area contributed by atoms with Crippen molar-refractivity contribution in [1.82, 2.24) is 0 Å². The fourth-order valence-electron chi connectivity index (χ4n) is 3.48. The number of nitrogens with one attached hydrogen (secondary N) is 1. The standard InChI is InChI=1S/C16H14F3NO3/c17-16(18,19)10-3-5-11(6-4-10)20-14(21)12-8-1-2-9(7-8)13(12)15(22)23/h1-6,8-9,12-13H,7H2,(H,20,21)(H,22,23)/t8-,9-,12+,13+/m0/s1. The second-order valence-electron chi connectivity index (χ2n) is 5.90. The van der Waals surface area contributed by atoms with Crippen LogP contribution in [0.1, 0.15) is 12.0 Å². The molecule has 122 valence electrons. The molecule has 7 heteroatoms. The van der Waals surface area contributed by atoms with E-state index >= 15 is 0 Å². The van der Waals surface area contributed by atoms with Gasteiger partial charge in [-0.3, -0.25) is 9.59 Å². The predicted molar refractivity (Wildman–Crippen MR) is 75.4 cm³/mol. The lowest BCUT2D eigenvalue weighted by molar-refractivity contribution is -0.146. The predicted octanol–water partition coefficient (Wildman–Crippen LogP) is 3.17. The third kappa shape index (κ3) is 2.83. The second-order valence-corrected chi connectivity index (χ2v) is 5.90. The van der Waals surface area contributed by atoms with Gasteiger partial charge in [0.2, 0.25) is 5.91 Å². The molecule has 4 atom stereocenters. The van der Waals surface area contributed by atoms with Gasteiger partial charge in [0.15, 0.2) is 0 Å². The van der Waals surface area contributed by atoms with Crippen molar-refractivity contribution in [2.24, 2.45) is 23.7 Å². The van der Waals surface area contributed by atoms with E-state index in [0.29, 0.717) is 6.42 Å². The van der Waals surface area contributed by atoms with Crippen molar-refractivity contribution in [3.8, 4) is 0 Å². The van der Waals surface area contributed by atoms with Crippen LogP contribution in [0.15, 0.2) is 36.4 Å². The summed E-state index contributed by atoms with van der Waals surface area (Å²) < 4.78 is 37.5. The Kier molecular flexibility index (Phi) is 3.66. The van der Waals surface area contributed by atoms with Crippen LogP contribution >= 0.6 is 0 Å². The number of carboxylic acids is 1. The van der Waals surface area contributed by atoms with E-state index in [2.05, 4.69) is 5.32 Å². The Morgan fingerprint density at radius 1 is 1.04 bits per heavy atom. The lowest BCUT2D eigenvalue weighted by Crippen LogP contribution is -2.36. The maximum absolute atomic E-state index is 12.5. The molecule has 1 saturated carbocycles. The van der Waals surface area contributed by atoms with Crippen molar-refractivity contribution in [3.05, 3.63) is 42.0 Å². The lowest BCUT2D eigenvalue weighted by Gasteiger charge is -2.23. The molecule has 0 unspecified atom stereocenters. The van der Waals surface area contributed by atoms with Gasteiger partial charge in [-0.25, -0.2) is 0 Å². The van der Waals surface area contributed by atoms with Gasteiger partial charge in [0.1, 0.15) is 0 Å². The van der Waals surface area contributed by atoms with E-state index in [1.54, 1.807) is 0 Å². The molecule has 1 aromatic carbocycles. The first-order chi connectivity index (χ1) is 10.8. The number of rotatable bonds is 3. The first-order valence-corrected chi connectivity index (χ1v) is 7.16. The smallest absolute Gasteiger partial charge is 0.416 e. The van der Waals surface area contributed by atoms with Gasteiger partial charge in [-0.15, -0.1) is 0 Å². The normalized spacial score (nSPS) is 28.8. The molecule has 4 nitrogen and oxygen atoms in total. The summed E-state index contributed by atoms with van der Waals surface area (Å²) in [7, 11) is 0. The van der Waals surface area contributed by atoms with Crippen LogP contribution in [-0.2, 0) is 15.8 Å². The summed E-state index contributed by atoms with van der Waals surface area (Å²) in [6, 6.07) is 4.09. The molecule has 0 saturated heterocycles. The minimum Gasteiger partial charge on any atom is -0.481 e. The monoisotopic (exact) mass is 325 g/mol. The Bertz CT molecular complexity index is 666. The number of anilines is 1. The maximum atomic E-state index is 12.5. The highest BCUT2D eigenvalue weighted by Crippen LogP contribution is 2.48. The number of benzene rings is 1. The second kappa shape index (κ2) is 5.40. The molecule has 2 bridgehead atoms. The molecule has 1 aromatic rings. The van der Waals surface area contributed by atoms with Gasteiger partial charge in [0.05, 0.1) is 17.4 Å². The number of alkyl halides is 3. The van der Waals surface area contributed by atoms with Crippen LogP contribution in [0, 0.1) is 23.7 Å². The van der Waals surface area contributed by atoms with E-state index in [4.69, 9.17) is 0 Å². The Balaban J connectivity index is 1.74. The van der Waals surface area contributed by atoms with Gasteiger partial charge in [0, 0.05) is 5.69 Å². The maximum Gasteiger partial charge on any atom is 0.416 e. The van der Waals surface area contributed by atoms with E-state index < -0.39 is 35.5 Å². The molecule has 1 amide bonds. The molecule has 2 aliphatic rings. The van der Waals surface area contributed by atoms with E-state index in [1.807, 2.05) is 12.2 Å². The van der Waals surface area contributed by atoms with Crippen molar-refractivity contribution in [2.45, 2.75) is 12.6 Å². The van der Waals surface area contributed by atoms with Gasteiger partial charge in [-0.2, -0.15) is 13.2 Å². The number of carboxylic acid groups (broad SMARTS) is 1. The molecule has 0 spiro atoms. The Morgan fingerprint density at radius 2 is 1.61 bits per heavy atom. The fourth-order valence-corrected chi connectivity index (χ4v) is 3.48. The number of allylic oxidation sites excluding steroid dienone is 2. The minimum absolute atomic E-state index is 0.129. The van der Waals surface area contributed by atoms with Crippen LogP contribution in [0.4, 0.5) is 18.9 Å². The molecule has 0 heterocycles. The molecule has 1 fully saturated rings. The average molecular weight is 325 g/mol. The molecular weight excluding hydrogens is 311 g/mol. The average Bonchev–Trinajstić information content (AvgIpc) is 3.07. The summed E-state index contributed by atoms with van der Waals surface area (Å²) in [5.74, 6) is -3.23. The van der Waals surface area contributed by atoms with Gasteiger partial charge < -0.3 is 10.4 Å². The van der Waals surface area contributed by atoms with Crippen LogP contribution in [0.5, 0.6) is 0 Å². The zero-order valence-electron chi connectivity index (χ0n) is 11.9. The van der Waals surface area contributed by atoms with Crippen molar-refractivity contribution < 1.29 is 27.9 Å². The number of carbonyl (C=O) groups excluding carboxylic acids is 1. The van der Waals surface area contributed by atoms with Crippen LogP contribution in [0.3, 0.4) is 0 Å². The fraction of sp³-hybridized carbons (Fsp3) is 0.375. The van der Waals surface area contributed by atoms with Crippen LogP contribution in [0.2, 0.25) is 0 Å². The third-order valence-corrected chi connectivity index (χ3v) is 4.53. The SMILES string of the molecule is O=C(O)[C@H]1[C@H](C(=O)Nc2ccc(C(F)(F)F)cc2)[C@H]2C=C[C@H]1C2. The summed E-state index contributed by atoms with van der Waals surface area (Å²) in [6.45, 7) is 0. The summed E-state index contributed by atoms with van der Waals surface area (Å²) in [4.78, 5) is 23.7. The molecule has 2 aliphatic carbocycles. The zero-order valence-corrected chi connectivity index (χ0v) is 11.9. The number of amides is 1. The van der Waals surface area contributed by atoms with E-state index in [0.717, 1.165) is 12.1 Å². The highest BCUT2D eigenvalue weighted by Gasteiger charge is 2.51. The molecule has 3 rings (SSSR count). The molecule has 2 N–H and O–H groups in total. The Labute approximate surface area is 130 Å². The summed E-state index contributed by atoms with van der Waals surface area (Å²) in [6.07, 6.45) is -0.138. The topological polar surface area (TPSA) is 66.4 Å². The van der Waals surface area contributed by atoms with E-state index in [-0.39, 0.29) is 17.5 Å². The molecular formula is C16H14F3NO3. The summed E-state index contributed by atoms with van der Waals surface area (Å²) >= 11 is 0. The highest BCUT2D eigenvalue weighted by atomic mass is 19.4. The van der Waals surface area contributed by atoms with Crippen molar-refractivity contribution in [1.29, 1.82) is 0 Å². The van der Waals surface area contributed by atoms with Crippen molar-refractivity contribution in [3.63, 3.8) is 0 Å². The zero-order chi connectivity index (χ0) is 16.8. The first kappa shape index (κ1) is 15.6. The number of fused-ring (bicyclic) bond motifs is 2. The van der Waals surface area contributed by atoms with Gasteiger partial charge >= 0.3 is 12.1 Å². The number of carbonyl (C=O) groups is 2. The number of hydrogen-bond donors (Lipinski definition) is 2. The van der Waals surface area contributed by atoms with Crippen molar-refractivity contribution >= 4 is 17.6 Å². The molecule has 0 radical (unpaired) electrons. The largest absolute Gasteiger partial charge is 0.481 e. The molecule has 0 aliphatic heterocycles. The minimum atomic E-state index is -4.44. The summed E-state index contributed by atoms with van der Waals surface area (Å²) in [5.41, 5.74) is -0.583. The third-order valence-electron chi connectivity index (χ3n) is 4.53. The Hall–Kier alpha value is -2.31. The summed E-state index contributed by atoms with van der Waals surface area (Å²) in [5, 5.41) is 11.8. The van der Waals surface area contributed by atoms with Gasteiger partial charge in [-0.05, 0) is 42.5 Å². The van der Waals surface area contributed by atoms with Crippen LogP contribution < -0.4 is 5.32 Å². The van der Waals surface area contributed by atoms with Gasteiger partial charge in [0.25, 0.3) is 0 Å². The molecule has 23 heavy (non-hydrogen) atoms. The quantitative estimate of drug-likeness (QED) is 0.839. The van der Waals surface area contributed by atoms with Crippen LogP contribution in [-0.4, -0.2) is 17.0 Å². The van der Waals surface area contributed by atoms with Crippen LogP contribution in [0.25, 0.3) is 0 Å². The van der Waals surface area contributed by atoms with E-state index in [1.165, 1.54) is 12.1 Å². The van der Waals surface area contributed by atoms with Crippen molar-refractivity contribution in [2.75, 3.05) is 5.32 Å². The lowest BCUT2D eigenvalue weighted by atomic mass is 9.82. The highest BCUT2D eigenvalue weighted by molar-refractivity contribution is 5.96.